The van der Waals surface area contributed by atoms with Gasteiger partial charge >= 0.3 is 0 Å². The van der Waals surface area contributed by atoms with E-state index in [1.165, 1.54) is 18.7 Å². The minimum atomic E-state index is -0.347. The third-order valence-corrected chi connectivity index (χ3v) is 5.57. The molecule has 1 N–H and O–H groups in total. The zero-order valence-corrected chi connectivity index (χ0v) is 16.3. The van der Waals surface area contributed by atoms with Crippen molar-refractivity contribution in [3.63, 3.8) is 0 Å². The average Bonchev–Trinajstić information content (AvgIpc) is 2.89. The first-order chi connectivity index (χ1) is 12.3. The predicted molar refractivity (Wildman–Crippen MR) is 104 cm³/mol. The molecular weight excluding hydrogens is 346 g/mol. The quantitative estimate of drug-likeness (QED) is 0.533. The van der Waals surface area contributed by atoms with Crippen LogP contribution in [-0.2, 0) is 0 Å². The van der Waals surface area contributed by atoms with Crippen LogP contribution in [0.5, 0.6) is 0 Å². The number of hydrogen-bond donors (Lipinski definition) is 1. The van der Waals surface area contributed by atoms with Crippen LogP contribution in [0.2, 0.25) is 0 Å². The van der Waals surface area contributed by atoms with Crippen molar-refractivity contribution in [1.82, 2.24) is 15.0 Å². The maximum absolute atomic E-state index is 12.9. The van der Waals surface area contributed by atoms with Gasteiger partial charge < -0.3 is 4.98 Å². The molecule has 3 rings (SSSR count). The van der Waals surface area contributed by atoms with Crippen LogP contribution in [0.3, 0.4) is 0 Å². The van der Waals surface area contributed by atoms with E-state index in [4.69, 9.17) is 0 Å². The van der Waals surface area contributed by atoms with E-state index in [2.05, 4.69) is 15.0 Å². The summed E-state index contributed by atoms with van der Waals surface area (Å²) in [5.41, 5.74) is 5.01. The van der Waals surface area contributed by atoms with Gasteiger partial charge in [-0.1, -0.05) is 23.9 Å². The van der Waals surface area contributed by atoms with Gasteiger partial charge in [0.2, 0.25) is 0 Å². The Kier molecular flexibility index (Phi) is 4.96. The SMILES string of the molecule is CC(=O)c1c(C)[nH]c(C(=O)C(C)Sc2nc3ccccc3nc2C)c1C. The number of ketones is 2. The van der Waals surface area contributed by atoms with Crippen molar-refractivity contribution in [3.8, 4) is 0 Å². The highest BCUT2D eigenvalue weighted by atomic mass is 32.2. The van der Waals surface area contributed by atoms with E-state index in [9.17, 15) is 9.59 Å². The summed E-state index contributed by atoms with van der Waals surface area (Å²) in [5.74, 6) is -0.0793. The topological polar surface area (TPSA) is 75.7 Å². The molecule has 1 unspecified atom stereocenters. The van der Waals surface area contributed by atoms with Crippen LogP contribution >= 0.6 is 11.8 Å². The Balaban J connectivity index is 1.90. The zero-order chi connectivity index (χ0) is 19.0. The Labute approximate surface area is 156 Å². The molecule has 0 aliphatic rings. The normalized spacial score (nSPS) is 12.3. The molecule has 134 valence electrons. The van der Waals surface area contributed by atoms with Crippen molar-refractivity contribution in [3.05, 3.63) is 52.5 Å². The molecule has 2 aromatic heterocycles. The van der Waals surface area contributed by atoms with E-state index in [1.807, 2.05) is 52.0 Å². The molecule has 0 spiro atoms. The number of nitrogens with zero attached hydrogens (tertiary/aromatic N) is 2. The van der Waals surface area contributed by atoms with E-state index in [-0.39, 0.29) is 16.8 Å². The minimum Gasteiger partial charge on any atom is -0.355 e. The van der Waals surface area contributed by atoms with Gasteiger partial charge in [0.25, 0.3) is 0 Å². The van der Waals surface area contributed by atoms with Crippen molar-refractivity contribution in [2.45, 2.75) is 44.9 Å². The lowest BCUT2D eigenvalue weighted by atomic mass is 10.0. The van der Waals surface area contributed by atoms with Crippen LogP contribution in [0.25, 0.3) is 11.0 Å². The summed E-state index contributed by atoms with van der Waals surface area (Å²) < 4.78 is 0. The fourth-order valence-corrected chi connectivity index (χ4v) is 4.06. The fourth-order valence-electron chi connectivity index (χ4n) is 3.13. The summed E-state index contributed by atoms with van der Waals surface area (Å²) in [4.78, 5) is 37.0. The molecule has 26 heavy (non-hydrogen) atoms. The third kappa shape index (κ3) is 3.29. The largest absolute Gasteiger partial charge is 0.355 e. The van der Waals surface area contributed by atoms with Crippen LogP contribution in [0.4, 0.5) is 0 Å². The highest BCUT2D eigenvalue weighted by Gasteiger charge is 2.25. The second-order valence-corrected chi connectivity index (χ2v) is 7.74. The van der Waals surface area contributed by atoms with Crippen LogP contribution in [-0.4, -0.2) is 31.8 Å². The molecule has 6 heteroatoms. The first-order valence-electron chi connectivity index (χ1n) is 8.44. The number of Topliss-reactive ketones (excluding diaryl/α,β-unsaturated/α-hetero) is 2. The molecule has 0 saturated heterocycles. The van der Waals surface area contributed by atoms with E-state index in [0.717, 1.165) is 27.4 Å². The van der Waals surface area contributed by atoms with Crippen LogP contribution in [0.15, 0.2) is 29.3 Å². The molecule has 0 amide bonds. The maximum Gasteiger partial charge on any atom is 0.192 e. The van der Waals surface area contributed by atoms with Gasteiger partial charge in [-0.05, 0) is 52.3 Å². The summed E-state index contributed by atoms with van der Waals surface area (Å²) in [6, 6.07) is 7.69. The Morgan fingerprint density at radius 2 is 1.69 bits per heavy atom. The molecule has 1 atom stereocenters. The predicted octanol–water partition coefficient (Wildman–Crippen LogP) is 4.45. The summed E-state index contributed by atoms with van der Waals surface area (Å²) in [5, 5.41) is 0.401. The molecule has 0 radical (unpaired) electrons. The number of benzene rings is 1. The second kappa shape index (κ2) is 7.03. The van der Waals surface area contributed by atoms with Crippen molar-refractivity contribution >= 4 is 34.4 Å². The number of hydrogen-bond acceptors (Lipinski definition) is 5. The maximum atomic E-state index is 12.9. The summed E-state index contributed by atoms with van der Waals surface area (Å²) >= 11 is 1.39. The number of carbonyl (C=O) groups excluding carboxylic acids is 2. The summed E-state index contributed by atoms with van der Waals surface area (Å²) in [6.45, 7) is 8.90. The number of aromatic nitrogens is 3. The number of aryl methyl sites for hydroxylation is 2. The van der Waals surface area contributed by atoms with Gasteiger partial charge in [0.1, 0.15) is 5.03 Å². The third-order valence-electron chi connectivity index (χ3n) is 4.39. The number of aromatic amines is 1. The van der Waals surface area contributed by atoms with Gasteiger partial charge in [-0.2, -0.15) is 0 Å². The summed E-state index contributed by atoms with van der Waals surface area (Å²) in [6.07, 6.45) is 0. The Morgan fingerprint density at radius 1 is 1.08 bits per heavy atom. The van der Waals surface area contributed by atoms with E-state index < -0.39 is 0 Å². The molecule has 0 fully saturated rings. The lowest BCUT2D eigenvalue weighted by Gasteiger charge is -2.12. The smallest absolute Gasteiger partial charge is 0.192 e. The van der Waals surface area contributed by atoms with E-state index in [1.54, 1.807) is 0 Å². The number of fused-ring (bicyclic) bond motifs is 1. The molecule has 1 aromatic carbocycles. The fraction of sp³-hybridized carbons (Fsp3) is 0.300. The Hall–Kier alpha value is -2.47. The second-order valence-electron chi connectivity index (χ2n) is 6.41. The highest BCUT2D eigenvalue weighted by molar-refractivity contribution is 8.00. The number of thioether (sulfide) groups is 1. The van der Waals surface area contributed by atoms with Crippen LogP contribution in [0.1, 0.15) is 51.6 Å². The van der Waals surface area contributed by atoms with E-state index in [0.29, 0.717) is 16.8 Å². The zero-order valence-electron chi connectivity index (χ0n) is 15.5. The lowest BCUT2D eigenvalue weighted by Crippen LogP contribution is -2.16. The molecule has 0 bridgehead atoms. The van der Waals surface area contributed by atoms with Crippen molar-refractivity contribution in [1.29, 1.82) is 0 Å². The van der Waals surface area contributed by atoms with Crippen molar-refractivity contribution in [2.24, 2.45) is 0 Å². The molecular formula is C20H21N3O2S. The molecule has 2 heterocycles. The summed E-state index contributed by atoms with van der Waals surface area (Å²) in [7, 11) is 0. The molecule has 0 saturated carbocycles. The minimum absolute atomic E-state index is 0.0353. The van der Waals surface area contributed by atoms with Gasteiger partial charge in [0.05, 0.1) is 27.7 Å². The van der Waals surface area contributed by atoms with Gasteiger partial charge in [-0.15, -0.1) is 0 Å². The van der Waals surface area contributed by atoms with Crippen molar-refractivity contribution < 1.29 is 9.59 Å². The molecule has 0 aliphatic carbocycles. The van der Waals surface area contributed by atoms with Gasteiger partial charge in [0.15, 0.2) is 11.6 Å². The highest BCUT2D eigenvalue weighted by Crippen LogP contribution is 2.29. The number of nitrogens with one attached hydrogen (secondary N) is 1. The average molecular weight is 367 g/mol. The van der Waals surface area contributed by atoms with Crippen molar-refractivity contribution in [2.75, 3.05) is 0 Å². The first-order valence-corrected chi connectivity index (χ1v) is 9.32. The molecule has 3 aromatic rings. The number of para-hydroxylation sites is 2. The number of carbonyl (C=O) groups is 2. The van der Waals surface area contributed by atoms with Crippen LogP contribution < -0.4 is 0 Å². The Morgan fingerprint density at radius 3 is 2.27 bits per heavy atom. The first kappa shape index (κ1) is 18.3. The van der Waals surface area contributed by atoms with Crippen LogP contribution in [0, 0.1) is 20.8 Å². The molecule has 5 nitrogen and oxygen atoms in total. The Bertz CT molecular complexity index is 1020. The van der Waals surface area contributed by atoms with Gasteiger partial charge in [-0.3, -0.25) is 9.59 Å². The van der Waals surface area contributed by atoms with Gasteiger partial charge in [0, 0.05) is 11.3 Å². The molecule has 0 aliphatic heterocycles. The van der Waals surface area contributed by atoms with E-state index >= 15 is 0 Å². The number of H-pyrrole nitrogens is 1. The monoisotopic (exact) mass is 367 g/mol. The number of rotatable bonds is 5. The van der Waals surface area contributed by atoms with Gasteiger partial charge in [-0.25, -0.2) is 9.97 Å². The standard InChI is InChI=1S/C20H21N3O2S/c1-10-17(13(4)24)11(2)22-18(10)19(25)14(5)26-20-12(3)21-15-8-6-7-9-16(15)23-20/h6-9,14,22H,1-5H3. The lowest BCUT2D eigenvalue weighted by molar-refractivity contribution is 0.0988.